The second-order valence-corrected chi connectivity index (χ2v) is 7.01. The Labute approximate surface area is 122 Å². The van der Waals surface area contributed by atoms with Gasteiger partial charge in [0.25, 0.3) is 10.0 Å². The first kappa shape index (κ1) is 14.4. The van der Waals surface area contributed by atoms with Crippen molar-refractivity contribution in [1.29, 1.82) is 5.26 Å². The van der Waals surface area contributed by atoms with Gasteiger partial charge in [-0.3, -0.25) is 4.72 Å². The quantitative estimate of drug-likeness (QED) is 0.854. The minimum atomic E-state index is -3.99. The zero-order chi connectivity index (χ0) is 14.8. The number of esters is 1. The van der Waals surface area contributed by atoms with Crippen LogP contribution in [0.1, 0.15) is 16.1 Å². The number of carbonyl (C=O) groups excluding carboxylic acids is 1. The Bertz CT molecular complexity index is 785. The van der Waals surface area contributed by atoms with Gasteiger partial charge in [-0.2, -0.15) is 5.26 Å². The van der Waals surface area contributed by atoms with E-state index in [4.69, 9.17) is 5.26 Å². The van der Waals surface area contributed by atoms with Crippen molar-refractivity contribution in [2.45, 2.75) is 4.21 Å². The van der Waals surface area contributed by atoms with E-state index >= 15 is 0 Å². The van der Waals surface area contributed by atoms with Crippen LogP contribution in [0.15, 0.2) is 21.2 Å². The van der Waals surface area contributed by atoms with Crippen LogP contribution in [0, 0.1) is 11.3 Å². The molecule has 0 unspecified atom stereocenters. The molecule has 104 valence electrons. The van der Waals surface area contributed by atoms with Gasteiger partial charge >= 0.3 is 5.97 Å². The summed E-state index contributed by atoms with van der Waals surface area (Å²) in [6, 6.07) is 3.37. The van der Waals surface area contributed by atoms with Gasteiger partial charge in [-0.15, -0.1) is 22.7 Å². The number of methoxy groups -OCH3 is 1. The molecule has 0 fully saturated rings. The molecule has 0 spiro atoms. The highest BCUT2D eigenvalue weighted by molar-refractivity contribution is 7.95. The summed E-state index contributed by atoms with van der Waals surface area (Å²) in [5.41, 5.74) is 1.17. The number of nitrogens with zero attached hydrogens (tertiary/aromatic N) is 2. The molecule has 0 amide bonds. The summed E-state index contributed by atoms with van der Waals surface area (Å²) in [5, 5.41) is 10.6. The van der Waals surface area contributed by atoms with Crippen LogP contribution in [-0.4, -0.2) is 26.5 Å². The summed E-state index contributed by atoms with van der Waals surface area (Å²) in [6.45, 7) is 0. The Morgan fingerprint density at radius 1 is 1.50 bits per heavy atom. The summed E-state index contributed by atoms with van der Waals surface area (Å²) >= 11 is 1.87. The van der Waals surface area contributed by atoms with Crippen LogP contribution in [0.3, 0.4) is 0 Å². The number of sulfonamides is 1. The standard InChI is InChI=1S/C10H7N3O4S3/c1-17-9(14)7-10(19-5-12-7)20(15,16)13-8-6(4-11)2-3-18-8/h2-3,5,13H,1H3. The van der Waals surface area contributed by atoms with Crippen molar-refractivity contribution in [3.8, 4) is 6.07 Å². The van der Waals surface area contributed by atoms with E-state index in [-0.39, 0.29) is 20.5 Å². The van der Waals surface area contributed by atoms with Crippen LogP contribution < -0.4 is 4.72 Å². The number of anilines is 1. The van der Waals surface area contributed by atoms with E-state index in [2.05, 4.69) is 14.4 Å². The Morgan fingerprint density at radius 2 is 2.25 bits per heavy atom. The fraction of sp³-hybridized carbons (Fsp3) is 0.100. The third kappa shape index (κ3) is 2.64. The maximum atomic E-state index is 12.2. The van der Waals surface area contributed by atoms with Crippen LogP contribution in [0.5, 0.6) is 0 Å². The van der Waals surface area contributed by atoms with Gasteiger partial charge < -0.3 is 4.74 Å². The highest BCUT2D eigenvalue weighted by atomic mass is 32.2. The molecule has 0 aliphatic heterocycles. The van der Waals surface area contributed by atoms with Crippen molar-refractivity contribution in [3.63, 3.8) is 0 Å². The lowest BCUT2D eigenvalue weighted by Crippen LogP contribution is -2.16. The zero-order valence-corrected chi connectivity index (χ0v) is 12.4. The molecular weight excluding hydrogens is 322 g/mol. The van der Waals surface area contributed by atoms with E-state index in [0.717, 1.165) is 29.8 Å². The summed E-state index contributed by atoms with van der Waals surface area (Å²) in [5.74, 6) is -0.835. The highest BCUT2D eigenvalue weighted by Gasteiger charge is 2.27. The van der Waals surface area contributed by atoms with Crippen LogP contribution in [0.4, 0.5) is 5.00 Å². The number of thiophene rings is 1. The molecule has 10 heteroatoms. The molecule has 0 saturated heterocycles. The fourth-order valence-corrected chi connectivity index (χ4v) is 4.51. The molecule has 0 radical (unpaired) electrons. The molecule has 2 aromatic rings. The Hall–Kier alpha value is -1.96. The summed E-state index contributed by atoms with van der Waals surface area (Å²) < 4.78 is 30.9. The van der Waals surface area contributed by atoms with Gasteiger partial charge in [-0.1, -0.05) is 0 Å². The van der Waals surface area contributed by atoms with Crippen molar-refractivity contribution in [1.82, 2.24) is 4.98 Å². The molecule has 1 N–H and O–H groups in total. The SMILES string of the molecule is COC(=O)c1ncsc1S(=O)(=O)Nc1sccc1C#N. The van der Waals surface area contributed by atoms with Gasteiger partial charge in [0.05, 0.1) is 18.2 Å². The smallest absolute Gasteiger partial charge is 0.358 e. The van der Waals surface area contributed by atoms with Gasteiger partial charge in [0, 0.05) is 0 Å². The first-order valence-electron chi connectivity index (χ1n) is 5.02. The topological polar surface area (TPSA) is 109 Å². The Balaban J connectivity index is 2.40. The molecule has 0 aromatic carbocycles. The largest absolute Gasteiger partial charge is 0.464 e. The summed E-state index contributed by atoms with van der Waals surface area (Å²) in [7, 11) is -2.86. The first-order valence-corrected chi connectivity index (χ1v) is 8.26. The monoisotopic (exact) mass is 329 g/mol. The number of carbonyl (C=O) groups is 1. The number of aromatic nitrogens is 1. The number of rotatable bonds is 4. The minimum absolute atomic E-state index is 0.191. The third-order valence-corrected chi connectivity index (χ3v) is 5.85. The van der Waals surface area contributed by atoms with Crippen LogP contribution >= 0.6 is 22.7 Å². The molecular formula is C10H7N3O4S3. The average molecular weight is 329 g/mol. The number of hydrogen-bond acceptors (Lipinski definition) is 8. The molecule has 7 nitrogen and oxygen atoms in total. The van der Waals surface area contributed by atoms with Crippen molar-refractivity contribution in [2.75, 3.05) is 11.8 Å². The van der Waals surface area contributed by atoms with Crippen molar-refractivity contribution in [3.05, 3.63) is 28.2 Å². The van der Waals surface area contributed by atoms with Gasteiger partial charge in [-0.25, -0.2) is 18.2 Å². The second-order valence-electron chi connectivity index (χ2n) is 3.36. The molecule has 2 heterocycles. The van der Waals surface area contributed by atoms with E-state index in [1.165, 1.54) is 11.6 Å². The lowest BCUT2D eigenvalue weighted by Gasteiger charge is -2.05. The molecule has 0 aliphatic carbocycles. The van der Waals surface area contributed by atoms with Gasteiger partial charge in [0.15, 0.2) is 9.90 Å². The number of ether oxygens (including phenoxy) is 1. The van der Waals surface area contributed by atoms with Gasteiger partial charge in [0.2, 0.25) is 0 Å². The lowest BCUT2D eigenvalue weighted by atomic mass is 10.4. The fourth-order valence-electron chi connectivity index (χ4n) is 1.30. The number of nitriles is 1. The van der Waals surface area contributed by atoms with E-state index in [1.54, 1.807) is 5.38 Å². The zero-order valence-electron chi connectivity index (χ0n) is 9.98. The lowest BCUT2D eigenvalue weighted by molar-refractivity contribution is 0.0590. The number of nitrogens with one attached hydrogen (secondary N) is 1. The predicted molar refractivity (Wildman–Crippen MR) is 73.3 cm³/mol. The maximum Gasteiger partial charge on any atom is 0.358 e. The normalized spacial score (nSPS) is 10.8. The summed E-state index contributed by atoms with van der Waals surface area (Å²) in [6.07, 6.45) is 0. The van der Waals surface area contributed by atoms with E-state index < -0.39 is 16.0 Å². The molecule has 0 saturated carbocycles. The Kier molecular flexibility index (Phi) is 4.03. The molecule has 0 aliphatic rings. The van der Waals surface area contributed by atoms with Gasteiger partial charge in [0.1, 0.15) is 11.1 Å². The first-order chi connectivity index (χ1) is 9.49. The van der Waals surface area contributed by atoms with E-state index in [9.17, 15) is 13.2 Å². The second kappa shape index (κ2) is 5.58. The average Bonchev–Trinajstić information content (AvgIpc) is 3.05. The molecule has 2 rings (SSSR count). The van der Waals surface area contributed by atoms with Crippen LogP contribution in [-0.2, 0) is 14.8 Å². The minimum Gasteiger partial charge on any atom is -0.464 e. The van der Waals surface area contributed by atoms with E-state index in [1.807, 2.05) is 6.07 Å². The van der Waals surface area contributed by atoms with Crippen LogP contribution in [0.25, 0.3) is 0 Å². The highest BCUT2D eigenvalue weighted by Crippen LogP contribution is 2.28. The predicted octanol–water partition coefficient (Wildman–Crippen LogP) is 1.66. The van der Waals surface area contributed by atoms with Gasteiger partial charge in [-0.05, 0) is 11.4 Å². The number of hydrogen-bond donors (Lipinski definition) is 1. The number of thiazole rings is 1. The summed E-state index contributed by atoms with van der Waals surface area (Å²) in [4.78, 5) is 15.1. The van der Waals surface area contributed by atoms with Crippen molar-refractivity contribution < 1.29 is 17.9 Å². The molecule has 20 heavy (non-hydrogen) atoms. The van der Waals surface area contributed by atoms with E-state index in [0.29, 0.717) is 0 Å². The van der Waals surface area contributed by atoms with Crippen LogP contribution in [0.2, 0.25) is 0 Å². The Morgan fingerprint density at radius 3 is 2.90 bits per heavy atom. The molecule has 0 atom stereocenters. The van der Waals surface area contributed by atoms with Crippen molar-refractivity contribution >= 4 is 43.7 Å². The third-order valence-electron chi connectivity index (χ3n) is 2.17. The molecule has 0 bridgehead atoms. The van der Waals surface area contributed by atoms with Crippen molar-refractivity contribution in [2.24, 2.45) is 0 Å². The molecule has 2 aromatic heterocycles. The maximum absolute atomic E-state index is 12.2.